The number of amides is 1. The van der Waals surface area contributed by atoms with Crippen molar-refractivity contribution in [2.24, 2.45) is 0 Å². The van der Waals surface area contributed by atoms with Gasteiger partial charge in [0, 0.05) is 12.1 Å². The molecule has 0 unspecified atom stereocenters. The van der Waals surface area contributed by atoms with Gasteiger partial charge in [0.15, 0.2) is 0 Å². The molecule has 3 N–H and O–H groups in total. The van der Waals surface area contributed by atoms with Crippen molar-refractivity contribution >= 4 is 17.3 Å². The van der Waals surface area contributed by atoms with E-state index in [0.717, 1.165) is 0 Å². The van der Waals surface area contributed by atoms with Crippen LogP contribution in [0.2, 0.25) is 0 Å². The number of likely N-dealkylation sites (N-methyl/N-ethyl adjacent to an activating group) is 1. The molecule has 0 radical (unpaired) electrons. The van der Waals surface area contributed by atoms with E-state index in [-0.39, 0.29) is 18.1 Å². The van der Waals surface area contributed by atoms with E-state index in [1.807, 2.05) is 25.1 Å². The summed E-state index contributed by atoms with van der Waals surface area (Å²) in [6.07, 6.45) is 0.148. The Hall–Kier alpha value is -2.49. The second-order valence-electron chi connectivity index (χ2n) is 4.50. The zero-order valence-corrected chi connectivity index (χ0v) is 11.4. The van der Waals surface area contributed by atoms with Crippen LogP contribution in [0.5, 0.6) is 5.75 Å². The first-order valence-corrected chi connectivity index (χ1v) is 6.55. The molecule has 0 spiro atoms. The Morgan fingerprint density at radius 3 is 2.45 bits per heavy atom. The second kappa shape index (κ2) is 6.10. The predicted molar refractivity (Wildman–Crippen MR) is 80.7 cm³/mol. The third-order valence-corrected chi connectivity index (χ3v) is 3.18. The summed E-state index contributed by atoms with van der Waals surface area (Å²) in [5.41, 5.74) is 7.80. The number of nitrogens with zero attached hydrogens (tertiary/aromatic N) is 1. The predicted octanol–water partition coefficient (Wildman–Crippen LogP) is 2.57. The van der Waals surface area contributed by atoms with Gasteiger partial charge in [-0.05, 0) is 25.1 Å². The Morgan fingerprint density at radius 2 is 1.80 bits per heavy atom. The van der Waals surface area contributed by atoms with Gasteiger partial charge < -0.3 is 15.7 Å². The Labute approximate surface area is 118 Å². The molecule has 0 bridgehead atoms. The van der Waals surface area contributed by atoms with E-state index in [1.165, 1.54) is 0 Å². The van der Waals surface area contributed by atoms with E-state index in [9.17, 15) is 9.90 Å². The fourth-order valence-corrected chi connectivity index (χ4v) is 2.13. The number of phenolic OH excluding ortho intramolecular Hbond substituents is 1. The molecule has 4 nitrogen and oxygen atoms in total. The van der Waals surface area contributed by atoms with Crippen LogP contribution in [-0.4, -0.2) is 17.6 Å². The number of anilines is 2. The van der Waals surface area contributed by atoms with Crippen LogP contribution < -0.4 is 10.6 Å². The standard InChI is InChI=1S/C16H18N2O2/c1-2-18(14-9-5-4-8-13(14)17)16(20)11-12-7-3-6-10-15(12)19/h3-10,19H,2,11,17H2,1H3. The molecule has 104 valence electrons. The van der Waals surface area contributed by atoms with E-state index < -0.39 is 0 Å². The number of rotatable bonds is 4. The Morgan fingerprint density at radius 1 is 1.15 bits per heavy atom. The summed E-state index contributed by atoms with van der Waals surface area (Å²) in [6.45, 7) is 2.43. The molecular weight excluding hydrogens is 252 g/mol. The highest BCUT2D eigenvalue weighted by atomic mass is 16.3. The van der Waals surface area contributed by atoms with Crippen molar-refractivity contribution in [1.82, 2.24) is 0 Å². The monoisotopic (exact) mass is 270 g/mol. The molecule has 0 aliphatic rings. The van der Waals surface area contributed by atoms with Crippen LogP contribution in [0.15, 0.2) is 48.5 Å². The summed E-state index contributed by atoms with van der Waals surface area (Å²) in [7, 11) is 0. The first-order chi connectivity index (χ1) is 9.63. The van der Waals surface area contributed by atoms with E-state index in [1.54, 1.807) is 35.2 Å². The van der Waals surface area contributed by atoms with Gasteiger partial charge in [-0.25, -0.2) is 0 Å². The number of phenols is 1. The minimum absolute atomic E-state index is 0.0908. The summed E-state index contributed by atoms with van der Waals surface area (Å²) in [5.74, 6) is 0.0461. The van der Waals surface area contributed by atoms with Crippen molar-refractivity contribution in [3.63, 3.8) is 0 Å². The molecule has 0 saturated heterocycles. The van der Waals surface area contributed by atoms with Crippen molar-refractivity contribution in [3.05, 3.63) is 54.1 Å². The molecule has 20 heavy (non-hydrogen) atoms. The van der Waals surface area contributed by atoms with E-state index in [0.29, 0.717) is 23.5 Å². The van der Waals surface area contributed by atoms with Crippen LogP contribution in [0.25, 0.3) is 0 Å². The molecule has 4 heteroatoms. The minimum Gasteiger partial charge on any atom is -0.508 e. The van der Waals surface area contributed by atoms with Crippen LogP contribution in [0.4, 0.5) is 11.4 Å². The summed E-state index contributed by atoms with van der Waals surface area (Å²) >= 11 is 0. The number of nitrogens with two attached hydrogens (primary N) is 1. The Bertz CT molecular complexity index is 611. The number of aromatic hydroxyl groups is 1. The fourth-order valence-electron chi connectivity index (χ4n) is 2.13. The Kier molecular flexibility index (Phi) is 4.25. The first kappa shape index (κ1) is 13.9. The molecule has 0 heterocycles. The lowest BCUT2D eigenvalue weighted by atomic mass is 10.1. The number of carbonyl (C=O) groups is 1. The highest BCUT2D eigenvalue weighted by molar-refractivity contribution is 5.97. The van der Waals surface area contributed by atoms with Gasteiger partial charge in [-0.15, -0.1) is 0 Å². The van der Waals surface area contributed by atoms with E-state index in [2.05, 4.69) is 0 Å². The van der Waals surface area contributed by atoms with Crippen LogP contribution in [0, 0.1) is 0 Å². The minimum atomic E-state index is -0.0908. The van der Waals surface area contributed by atoms with Crippen LogP contribution in [0.1, 0.15) is 12.5 Å². The number of hydrogen-bond donors (Lipinski definition) is 2. The van der Waals surface area contributed by atoms with Gasteiger partial charge in [-0.3, -0.25) is 4.79 Å². The molecular formula is C16H18N2O2. The number of benzene rings is 2. The molecule has 2 aromatic rings. The maximum absolute atomic E-state index is 12.4. The summed E-state index contributed by atoms with van der Waals surface area (Å²) in [6, 6.07) is 14.1. The van der Waals surface area contributed by atoms with Crippen molar-refractivity contribution in [2.75, 3.05) is 17.2 Å². The third-order valence-electron chi connectivity index (χ3n) is 3.18. The number of carbonyl (C=O) groups excluding carboxylic acids is 1. The SMILES string of the molecule is CCN(C(=O)Cc1ccccc1O)c1ccccc1N. The second-order valence-corrected chi connectivity index (χ2v) is 4.50. The van der Waals surface area contributed by atoms with Gasteiger partial charge in [0.25, 0.3) is 0 Å². The Balaban J connectivity index is 2.23. The molecule has 0 atom stereocenters. The molecule has 0 saturated carbocycles. The molecule has 2 rings (SSSR count). The van der Waals surface area contributed by atoms with Crippen molar-refractivity contribution in [1.29, 1.82) is 0 Å². The van der Waals surface area contributed by atoms with Crippen molar-refractivity contribution < 1.29 is 9.90 Å². The first-order valence-electron chi connectivity index (χ1n) is 6.55. The molecule has 0 aliphatic heterocycles. The molecule has 0 fully saturated rings. The van der Waals surface area contributed by atoms with Gasteiger partial charge in [0.2, 0.25) is 5.91 Å². The summed E-state index contributed by atoms with van der Waals surface area (Å²) in [5, 5.41) is 9.74. The summed E-state index contributed by atoms with van der Waals surface area (Å²) < 4.78 is 0. The molecule has 0 aliphatic carbocycles. The van der Waals surface area contributed by atoms with E-state index in [4.69, 9.17) is 5.73 Å². The number of nitrogen functional groups attached to an aromatic ring is 1. The lowest BCUT2D eigenvalue weighted by Gasteiger charge is -2.22. The smallest absolute Gasteiger partial charge is 0.231 e. The lowest BCUT2D eigenvalue weighted by Crippen LogP contribution is -2.32. The zero-order chi connectivity index (χ0) is 14.5. The van der Waals surface area contributed by atoms with E-state index >= 15 is 0 Å². The largest absolute Gasteiger partial charge is 0.508 e. The number of hydrogen-bond acceptors (Lipinski definition) is 3. The van der Waals surface area contributed by atoms with Crippen molar-refractivity contribution in [3.8, 4) is 5.75 Å². The van der Waals surface area contributed by atoms with Gasteiger partial charge in [-0.2, -0.15) is 0 Å². The highest BCUT2D eigenvalue weighted by Crippen LogP contribution is 2.24. The topological polar surface area (TPSA) is 66.6 Å². The molecule has 2 aromatic carbocycles. The van der Waals surface area contributed by atoms with Gasteiger partial charge in [0.05, 0.1) is 17.8 Å². The average molecular weight is 270 g/mol. The summed E-state index contributed by atoms with van der Waals surface area (Å²) in [4.78, 5) is 14.0. The van der Waals surface area contributed by atoms with Gasteiger partial charge >= 0.3 is 0 Å². The van der Waals surface area contributed by atoms with Crippen LogP contribution in [0.3, 0.4) is 0 Å². The quantitative estimate of drug-likeness (QED) is 0.839. The number of para-hydroxylation sites is 3. The maximum Gasteiger partial charge on any atom is 0.231 e. The highest BCUT2D eigenvalue weighted by Gasteiger charge is 2.17. The average Bonchev–Trinajstić information content (AvgIpc) is 2.44. The van der Waals surface area contributed by atoms with Crippen LogP contribution in [-0.2, 0) is 11.2 Å². The normalized spacial score (nSPS) is 10.2. The maximum atomic E-state index is 12.4. The third kappa shape index (κ3) is 2.91. The molecule has 1 amide bonds. The molecule has 0 aromatic heterocycles. The zero-order valence-electron chi connectivity index (χ0n) is 11.4. The fraction of sp³-hybridized carbons (Fsp3) is 0.188. The van der Waals surface area contributed by atoms with Gasteiger partial charge in [-0.1, -0.05) is 30.3 Å². The van der Waals surface area contributed by atoms with Gasteiger partial charge in [0.1, 0.15) is 5.75 Å². The lowest BCUT2D eigenvalue weighted by molar-refractivity contribution is -0.118. The van der Waals surface area contributed by atoms with Crippen LogP contribution >= 0.6 is 0 Å². The van der Waals surface area contributed by atoms with Crippen molar-refractivity contribution in [2.45, 2.75) is 13.3 Å².